The summed E-state index contributed by atoms with van der Waals surface area (Å²) in [6.45, 7) is 2.86. The van der Waals surface area contributed by atoms with E-state index in [2.05, 4.69) is 10.3 Å². The number of carbonyl (C=O) groups is 2. The van der Waals surface area contributed by atoms with Crippen molar-refractivity contribution in [1.29, 1.82) is 0 Å². The Morgan fingerprint density at radius 2 is 2.16 bits per heavy atom. The van der Waals surface area contributed by atoms with Gasteiger partial charge in [-0.15, -0.1) is 0 Å². The number of nitrogens with zero attached hydrogens (tertiary/aromatic N) is 2. The number of ether oxygens (including phenoxy) is 1. The number of Topliss-reactive ketones (excluding diaryl/α,β-unsaturated/α-hetero) is 1. The summed E-state index contributed by atoms with van der Waals surface area (Å²) in [5.41, 5.74) is 1.66. The van der Waals surface area contributed by atoms with Crippen molar-refractivity contribution in [2.24, 2.45) is 0 Å². The third-order valence-electron chi connectivity index (χ3n) is 4.86. The van der Waals surface area contributed by atoms with Crippen LogP contribution in [-0.2, 0) is 0 Å². The highest BCUT2D eigenvalue weighted by Gasteiger charge is 2.46. The van der Waals surface area contributed by atoms with Crippen LogP contribution in [0.15, 0.2) is 42.7 Å². The molecule has 3 heterocycles. The van der Waals surface area contributed by atoms with E-state index in [1.807, 2.05) is 25.1 Å². The highest BCUT2D eigenvalue weighted by Crippen LogP contribution is 2.38. The molecule has 1 aromatic heterocycles. The van der Waals surface area contributed by atoms with Crippen LogP contribution in [0.5, 0.6) is 5.75 Å². The quantitative estimate of drug-likeness (QED) is 0.868. The van der Waals surface area contributed by atoms with Crippen LogP contribution < -0.4 is 10.1 Å². The number of hydrogen-bond acceptors (Lipinski definition) is 4. The van der Waals surface area contributed by atoms with E-state index >= 15 is 0 Å². The standard InChI is InChI=1S/C19H19N3O3/c1-13-11-20-8-6-15(13)21-18(24)22-9-7-19(12-22)10-16(23)14-4-2-3-5-17(14)25-19/h2-6,8,11H,7,9-10,12H2,1H3,(H,20,21,24). The summed E-state index contributed by atoms with van der Waals surface area (Å²) in [6, 6.07) is 8.89. The molecule has 0 bridgehead atoms. The predicted molar refractivity (Wildman–Crippen MR) is 92.9 cm³/mol. The van der Waals surface area contributed by atoms with E-state index in [1.54, 1.807) is 29.4 Å². The van der Waals surface area contributed by atoms with Gasteiger partial charge < -0.3 is 15.0 Å². The van der Waals surface area contributed by atoms with Gasteiger partial charge in [0.1, 0.15) is 11.4 Å². The first-order valence-electron chi connectivity index (χ1n) is 8.34. The molecule has 128 valence electrons. The van der Waals surface area contributed by atoms with Gasteiger partial charge in [-0.2, -0.15) is 0 Å². The number of benzene rings is 1. The Kier molecular flexibility index (Phi) is 3.67. The molecule has 0 aliphatic carbocycles. The average Bonchev–Trinajstić information content (AvgIpc) is 3.00. The fourth-order valence-corrected chi connectivity index (χ4v) is 3.50. The van der Waals surface area contributed by atoms with Crippen LogP contribution in [0.25, 0.3) is 0 Å². The van der Waals surface area contributed by atoms with Gasteiger partial charge in [0.15, 0.2) is 5.78 Å². The molecule has 25 heavy (non-hydrogen) atoms. The lowest BCUT2D eigenvalue weighted by Crippen LogP contribution is -2.46. The molecule has 2 aromatic rings. The maximum Gasteiger partial charge on any atom is 0.321 e. The lowest BCUT2D eigenvalue weighted by atomic mass is 9.89. The number of ketones is 1. The smallest absolute Gasteiger partial charge is 0.321 e. The summed E-state index contributed by atoms with van der Waals surface area (Å²) in [7, 11) is 0. The van der Waals surface area contributed by atoms with Gasteiger partial charge in [0.05, 0.1) is 18.5 Å². The van der Waals surface area contributed by atoms with E-state index in [0.29, 0.717) is 37.2 Å². The molecule has 1 fully saturated rings. The van der Waals surface area contributed by atoms with Crippen LogP contribution in [0.4, 0.5) is 10.5 Å². The second-order valence-corrected chi connectivity index (χ2v) is 6.67. The maximum atomic E-state index is 12.6. The van der Waals surface area contributed by atoms with Gasteiger partial charge in [-0.25, -0.2) is 4.79 Å². The van der Waals surface area contributed by atoms with Gasteiger partial charge in [-0.05, 0) is 30.7 Å². The summed E-state index contributed by atoms with van der Waals surface area (Å²) < 4.78 is 6.15. The lowest BCUT2D eigenvalue weighted by molar-refractivity contribution is 0.0482. The summed E-state index contributed by atoms with van der Waals surface area (Å²) in [5, 5.41) is 2.91. The molecule has 0 saturated carbocycles. The van der Waals surface area contributed by atoms with Gasteiger partial charge in [0.25, 0.3) is 0 Å². The van der Waals surface area contributed by atoms with Crippen molar-refractivity contribution in [3.8, 4) is 5.75 Å². The number of aryl methyl sites for hydroxylation is 1. The van der Waals surface area contributed by atoms with Crippen LogP contribution in [0, 0.1) is 6.92 Å². The molecule has 2 aliphatic heterocycles. The zero-order chi connectivity index (χ0) is 17.4. The van der Waals surface area contributed by atoms with E-state index in [0.717, 1.165) is 11.3 Å². The number of likely N-dealkylation sites (tertiary alicyclic amines) is 1. The fourth-order valence-electron chi connectivity index (χ4n) is 3.50. The van der Waals surface area contributed by atoms with Gasteiger partial charge in [-0.3, -0.25) is 9.78 Å². The van der Waals surface area contributed by atoms with E-state index in [1.165, 1.54) is 0 Å². The normalized spacial score (nSPS) is 21.8. The number of rotatable bonds is 1. The van der Waals surface area contributed by atoms with Crippen LogP contribution >= 0.6 is 0 Å². The van der Waals surface area contributed by atoms with Crippen LogP contribution in [0.1, 0.15) is 28.8 Å². The van der Waals surface area contributed by atoms with Crippen molar-refractivity contribution in [1.82, 2.24) is 9.88 Å². The number of nitrogens with one attached hydrogen (secondary N) is 1. The number of para-hydroxylation sites is 1. The number of amides is 2. The fraction of sp³-hybridized carbons (Fsp3) is 0.316. The molecule has 4 rings (SSSR count). The predicted octanol–water partition coefficient (Wildman–Crippen LogP) is 3.03. The summed E-state index contributed by atoms with van der Waals surface area (Å²) in [6.07, 6.45) is 4.31. The molecule has 2 amide bonds. The van der Waals surface area contributed by atoms with E-state index in [-0.39, 0.29) is 11.8 Å². The Hall–Kier alpha value is -2.89. The van der Waals surface area contributed by atoms with E-state index in [4.69, 9.17) is 4.74 Å². The lowest BCUT2D eigenvalue weighted by Gasteiger charge is -2.34. The average molecular weight is 337 g/mol. The van der Waals surface area contributed by atoms with Crippen molar-refractivity contribution < 1.29 is 14.3 Å². The Balaban J connectivity index is 1.49. The second kappa shape index (κ2) is 5.88. The number of pyridine rings is 1. The number of urea groups is 1. The van der Waals surface area contributed by atoms with Crippen molar-refractivity contribution in [2.45, 2.75) is 25.4 Å². The van der Waals surface area contributed by atoms with Crippen LogP contribution in [0.3, 0.4) is 0 Å². The summed E-state index contributed by atoms with van der Waals surface area (Å²) in [4.78, 5) is 30.8. The number of anilines is 1. The first kappa shape index (κ1) is 15.6. The molecule has 6 heteroatoms. The zero-order valence-electron chi connectivity index (χ0n) is 14.0. The molecule has 1 aromatic carbocycles. The van der Waals surface area contributed by atoms with Crippen LogP contribution in [-0.4, -0.2) is 40.4 Å². The minimum absolute atomic E-state index is 0.0779. The van der Waals surface area contributed by atoms with Crippen molar-refractivity contribution in [3.63, 3.8) is 0 Å². The first-order chi connectivity index (χ1) is 12.1. The van der Waals surface area contributed by atoms with Crippen molar-refractivity contribution in [3.05, 3.63) is 53.9 Å². The molecule has 1 spiro atoms. The van der Waals surface area contributed by atoms with E-state index < -0.39 is 5.60 Å². The molecule has 1 atom stereocenters. The molecular weight excluding hydrogens is 318 g/mol. The third-order valence-corrected chi connectivity index (χ3v) is 4.86. The Bertz CT molecular complexity index is 851. The van der Waals surface area contributed by atoms with Gasteiger partial charge in [0, 0.05) is 31.0 Å². The highest BCUT2D eigenvalue weighted by atomic mass is 16.5. The second-order valence-electron chi connectivity index (χ2n) is 6.67. The topological polar surface area (TPSA) is 71.5 Å². The maximum absolute atomic E-state index is 12.6. The Morgan fingerprint density at radius 1 is 1.32 bits per heavy atom. The van der Waals surface area contributed by atoms with Crippen LogP contribution in [0.2, 0.25) is 0 Å². The zero-order valence-corrected chi connectivity index (χ0v) is 14.0. The number of carbonyl (C=O) groups excluding carboxylic acids is 2. The molecular formula is C19H19N3O3. The molecule has 1 N–H and O–H groups in total. The monoisotopic (exact) mass is 337 g/mol. The van der Waals surface area contributed by atoms with Gasteiger partial charge in [0.2, 0.25) is 0 Å². The first-order valence-corrected chi connectivity index (χ1v) is 8.34. The largest absolute Gasteiger partial charge is 0.484 e. The highest BCUT2D eigenvalue weighted by molar-refractivity contribution is 6.00. The summed E-state index contributed by atoms with van der Waals surface area (Å²) in [5.74, 6) is 0.695. The van der Waals surface area contributed by atoms with Crippen molar-refractivity contribution in [2.75, 3.05) is 18.4 Å². The number of fused-ring (bicyclic) bond motifs is 1. The molecule has 6 nitrogen and oxygen atoms in total. The number of hydrogen-bond donors (Lipinski definition) is 1. The van der Waals surface area contributed by atoms with Crippen molar-refractivity contribution >= 4 is 17.5 Å². The molecule has 1 unspecified atom stereocenters. The van der Waals surface area contributed by atoms with Gasteiger partial charge >= 0.3 is 6.03 Å². The minimum Gasteiger partial charge on any atom is -0.484 e. The van der Waals surface area contributed by atoms with Gasteiger partial charge in [-0.1, -0.05) is 12.1 Å². The molecule has 2 aliphatic rings. The minimum atomic E-state index is -0.615. The van der Waals surface area contributed by atoms with E-state index in [9.17, 15) is 9.59 Å². The molecule has 0 radical (unpaired) electrons. The third kappa shape index (κ3) is 2.84. The number of aromatic nitrogens is 1. The Morgan fingerprint density at radius 3 is 3.00 bits per heavy atom. The Labute approximate surface area is 145 Å². The molecule has 1 saturated heterocycles. The SMILES string of the molecule is Cc1cnccc1NC(=O)N1CCC2(CC(=O)c3ccccc3O2)C1. The summed E-state index contributed by atoms with van der Waals surface area (Å²) >= 11 is 0.